The summed E-state index contributed by atoms with van der Waals surface area (Å²) in [6, 6.07) is 8.28. The van der Waals surface area contributed by atoms with E-state index >= 15 is 0 Å². The predicted octanol–water partition coefficient (Wildman–Crippen LogP) is 4.98. The molecule has 0 radical (unpaired) electrons. The Kier molecular flexibility index (Phi) is 4.99. The molecule has 1 N–H and O–H groups in total. The lowest BCUT2D eigenvalue weighted by atomic mass is 9.91. The van der Waals surface area contributed by atoms with Gasteiger partial charge in [0.25, 0.3) is 0 Å². The van der Waals surface area contributed by atoms with Crippen LogP contribution in [0.5, 0.6) is 0 Å². The Bertz CT molecular complexity index is 584. The standard InChI is InChI=1S/C16H21BrN2S/c1-5-18-10-13-14(16(2,3)4)19-15(20-13)11-8-6-7-9-12(11)17/h6-9,18H,5,10H2,1-4H3. The van der Waals surface area contributed by atoms with Gasteiger partial charge in [0.05, 0.1) is 5.69 Å². The van der Waals surface area contributed by atoms with Crippen LogP contribution in [0, 0.1) is 0 Å². The van der Waals surface area contributed by atoms with Gasteiger partial charge in [-0.3, -0.25) is 0 Å². The van der Waals surface area contributed by atoms with Crippen LogP contribution in [0.4, 0.5) is 0 Å². The molecule has 0 amide bonds. The molecule has 0 saturated carbocycles. The fourth-order valence-corrected chi connectivity index (χ4v) is 3.93. The van der Waals surface area contributed by atoms with E-state index in [1.165, 1.54) is 16.1 Å². The normalized spacial score (nSPS) is 11.8. The molecule has 0 saturated heterocycles. The molecule has 0 atom stereocenters. The first-order valence-electron chi connectivity index (χ1n) is 6.89. The first-order valence-corrected chi connectivity index (χ1v) is 8.50. The summed E-state index contributed by atoms with van der Waals surface area (Å²) in [6.07, 6.45) is 0. The number of nitrogens with one attached hydrogen (secondary N) is 1. The smallest absolute Gasteiger partial charge is 0.125 e. The highest BCUT2D eigenvalue weighted by molar-refractivity contribution is 9.10. The average Bonchev–Trinajstić information content (AvgIpc) is 2.80. The summed E-state index contributed by atoms with van der Waals surface area (Å²) < 4.78 is 1.10. The molecule has 2 nitrogen and oxygen atoms in total. The lowest BCUT2D eigenvalue weighted by Crippen LogP contribution is -2.18. The highest BCUT2D eigenvalue weighted by Crippen LogP contribution is 2.37. The summed E-state index contributed by atoms with van der Waals surface area (Å²) in [5.74, 6) is 0. The number of halogens is 1. The molecule has 0 fully saturated rings. The molecule has 0 bridgehead atoms. The minimum atomic E-state index is 0.0702. The number of hydrogen-bond donors (Lipinski definition) is 1. The lowest BCUT2D eigenvalue weighted by molar-refractivity contribution is 0.561. The molecule has 2 rings (SSSR count). The number of rotatable bonds is 4. The van der Waals surface area contributed by atoms with Crippen LogP contribution in [0.25, 0.3) is 10.6 Å². The molecule has 2 aromatic rings. The van der Waals surface area contributed by atoms with Gasteiger partial charge in [0.15, 0.2) is 0 Å². The van der Waals surface area contributed by atoms with E-state index in [4.69, 9.17) is 4.98 Å². The second-order valence-corrected chi connectivity index (χ2v) is 7.74. The predicted molar refractivity (Wildman–Crippen MR) is 91.3 cm³/mol. The SMILES string of the molecule is CCNCc1sc(-c2ccccc2Br)nc1C(C)(C)C. The third-order valence-electron chi connectivity index (χ3n) is 3.05. The van der Waals surface area contributed by atoms with Crippen molar-refractivity contribution in [2.75, 3.05) is 6.54 Å². The molecule has 108 valence electrons. The number of aromatic nitrogens is 1. The minimum Gasteiger partial charge on any atom is -0.312 e. The highest BCUT2D eigenvalue weighted by atomic mass is 79.9. The van der Waals surface area contributed by atoms with Gasteiger partial charge in [-0.2, -0.15) is 0 Å². The monoisotopic (exact) mass is 352 g/mol. The van der Waals surface area contributed by atoms with Gasteiger partial charge < -0.3 is 5.32 Å². The molecular weight excluding hydrogens is 332 g/mol. The Labute approximate surface area is 133 Å². The molecule has 1 aromatic carbocycles. The van der Waals surface area contributed by atoms with Crippen LogP contribution in [0.3, 0.4) is 0 Å². The Morgan fingerprint density at radius 3 is 2.55 bits per heavy atom. The Morgan fingerprint density at radius 1 is 1.25 bits per heavy atom. The first kappa shape index (κ1) is 15.7. The summed E-state index contributed by atoms with van der Waals surface area (Å²) in [6.45, 7) is 10.7. The van der Waals surface area contributed by atoms with Crippen LogP contribution < -0.4 is 5.32 Å². The maximum Gasteiger partial charge on any atom is 0.125 e. The van der Waals surface area contributed by atoms with E-state index in [0.717, 1.165) is 22.6 Å². The zero-order valence-electron chi connectivity index (χ0n) is 12.5. The van der Waals surface area contributed by atoms with Gasteiger partial charge in [0, 0.05) is 26.9 Å². The molecule has 0 aliphatic rings. The summed E-state index contributed by atoms with van der Waals surface area (Å²) in [5, 5.41) is 4.51. The molecule has 1 aromatic heterocycles. The zero-order valence-corrected chi connectivity index (χ0v) is 14.9. The minimum absolute atomic E-state index is 0.0702. The van der Waals surface area contributed by atoms with Crippen molar-refractivity contribution in [3.8, 4) is 10.6 Å². The third-order valence-corrected chi connectivity index (χ3v) is 4.83. The van der Waals surface area contributed by atoms with Crippen molar-refractivity contribution in [2.45, 2.75) is 39.7 Å². The largest absolute Gasteiger partial charge is 0.312 e. The van der Waals surface area contributed by atoms with Gasteiger partial charge in [-0.15, -0.1) is 11.3 Å². The second kappa shape index (κ2) is 6.37. The Morgan fingerprint density at radius 2 is 1.95 bits per heavy atom. The van der Waals surface area contributed by atoms with E-state index in [0.29, 0.717) is 0 Å². The van der Waals surface area contributed by atoms with Gasteiger partial charge in [-0.05, 0) is 12.6 Å². The fraction of sp³-hybridized carbons (Fsp3) is 0.438. The van der Waals surface area contributed by atoms with Gasteiger partial charge in [0.1, 0.15) is 5.01 Å². The van der Waals surface area contributed by atoms with Gasteiger partial charge >= 0.3 is 0 Å². The van der Waals surface area contributed by atoms with E-state index < -0.39 is 0 Å². The summed E-state index contributed by atoms with van der Waals surface area (Å²) in [5.41, 5.74) is 2.45. The quantitative estimate of drug-likeness (QED) is 0.839. The Balaban J connectivity index is 2.46. The second-order valence-electron chi connectivity index (χ2n) is 5.80. The maximum atomic E-state index is 4.91. The van der Waals surface area contributed by atoms with E-state index in [9.17, 15) is 0 Å². The van der Waals surface area contributed by atoms with E-state index in [1.807, 2.05) is 6.07 Å². The summed E-state index contributed by atoms with van der Waals surface area (Å²) in [4.78, 5) is 6.25. The van der Waals surface area contributed by atoms with Crippen LogP contribution in [-0.2, 0) is 12.0 Å². The van der Waals surface area contributed by atoms with Crippen LogP contribution in [0.1, 0.15) is 38.3 Å². The van der Waals surface area contributed by atoms with Crippen molar-refractivity contribution >= 4 is 27.3 Å². The zero-order chi connectivity index (χ0) is 14.8. The molecule has 1 heterocycles. The maximum absolute atomic E-state index is 4.91. The molecule has 0 spiro atoms. The van der Waals surface area contributed by atoms with E-state index in [2.05, 4.69) is 67.1 Å². The fourth-order valence-electron chi connectivity index (χ4n) is 2.05. The van der Waals surface area contributed by atoms with Gasteiger partial charge in [0.2, 0.25) is 0 Å². The lowest BCUT2D eigenvalue weighted by Gasteiger charge is -2.17. The number of benzene rings is 1. The summed E-state index contributed by atoms with van der Waals surface area (Å²) in [7, 11) is 0. The number of thiazole rings is 1. The molecule has 0 aliphatic carbocycles. The van der Waals surface area contributed by atoms with Crippen molar-refractivity contribution < 1.29 is 0 Å². The van der Waals surface area contributed by atoms with Crippen molar-refractivity contribution in [3.05, 3.63) is 39.3 Å². The molecular formula is C16H21BrN2S. The van der Waals surface area contributed by atoms with Crippen molar-refractivity contribution in [2.24, 2.45) is 0 Å². The van der Waals surface area contributed by atoms with E-state index in [-0.39, 0.29) is 5.41 Å². The summed E-state index contributed by atoms with van der Waals surface area (Å²) >= 11 is 5.41. The average molecular weight is 353 g/mol. The van der Waals surface area contributed by atoms with Crippen LogP contribution in [0.2, 0.25) is 0 Å². The van der Waals surface area contributed by atoms with Crippen LogP contribution >= 0.6 is 27.3 Å². The number of nitrogens with zero attached hydrogens (tertiary/aromatic N) is 1. The van der Waals surface area contributed by atoms with Crippen LogP contribution in [0.15, 0.2) is 28.7 Å². The van der Waals surface area contributed by atoms with E-state index in [1.54, 1.807) is 11.3 Å². The number of hydrogen-bond acceptors (Lipinski definition) is 3. The topological polar surface area (TPSA) is 24.9 Å². The Hall–Kier alpha value is -0.710. The van der Waals surface area contributed by atoms with Gasteiger partial charge in [-0.1, -0.05) is 61.8 Å². The van der Waals surface area contributed by atoms with Crippen molar-refractivity contribution in [1.29, 1.82) is 0 Å². The van der Waals surface area contributed by atoms with Crippen molar-refractivity contribution in [1.82, 2.24) is 10.3 Å². The van der Waals surface area contributed by atoms with Crippen molar-refractivity contribution in [3.63, 3.8) is 0 Å². The molecule has 4 heteroatoms. The molecule has 20 heavy (non-hydrogen) atoms. The third kappa shape index (κ3) is 3.48. The van der Waals surface area contributed by atoms with Gasteiger partial charge in [-0.25, -0.2) is 4.98 Å². The molecule has 0 unspecified atom stereocenters. The van der Waals surface area contributed by atoms with Crippen LogP contribution in [-0.4, -0.2) is 11.5 Å². The first-order chi connectivity index (χ1) is 9.43. The molecule has 0 aliphatic heterocycles. The highest BCUT2D eigenvalue weighted by Gasteiger charge is 2.23.